The number of benzene rings is 2. The predicted molar refractivity (Wildman–Crippen MR) is 174 cm³/mol. The number of phenols is 4. The van der Waals surface area contributed by atoms with Crippen LogP contribution < -0.4 is 0 Å². The van der Waals surface area contributed by atoms with Gasteiger partial charge in [0, 0.05) is 6.08 Å². The number of hydrogen-bond acceptors (Lipinski definition) is 19. The average Bonchev–Trinajstić information content (AvgIpc) is 3.42. The van der Waals surface area contributed by atoms with Crippen LogP contribution in [0.3, 0.4) is 0 Å². The van der Waals surface area contributed by atoms with E-state index in [4.69, 9.17) is 33.2 Å². The number of aromatic hydroxyl groups is 4. The van der Waals surface area contributed by atoms with Crippen LogP contribution in [0.15, 0.2) is 42.5 Å². The van der Waals surface area contributed by atoms with E-state index in [1.807, 2.05) is 0 Å². The molecule has 3 heterocycles. The fourth-order valence-electron chi connectivity index (χ4n) is 5.94. The Morgan fingerprint density at radius 1 is 0.830 bits per heavy atom. The number of phenolic OH excluding ortho intramolecular Hbond substituents is 4. The zero-order chi connectivity index (χ0) is 38.6. The molecule has 294 valence electrons. The summed E-state index contributed by atoms with van der Waals surface area (Å²) in [5.74, 6) is -2.64. The Bertz CT molecular complexity index is 1570. The molecule has 3 fully saturated rings. The summed E-state index contributed by atoms with van der Waals surface area (Å²) in [6.07, 6.45) is -17.2. The van der Waals surface area contributed by atoms with Crippen molar-refractivity contribution < 1.29 is 94.1 Å². The molecule has 3 saturated heterocycles. The highest BCUT2D eigenvalue weighted by Crippen LogP contribution is 2.36. The van der Waals surface area contributed by atoms with E-state index in [1.54, 1.807) is 0 Å². The molecule has 0 spiro atoms. The van der Waals surface area contributed by atoms with Gasteiger partial charge < -0.3 is 89.3 Å². The lowest BCUT2D eigenvalue weighted by molar-refractivity contribution is -0.375. The lowest BCUT2D eigenvalue weighted by Crippen LogP contribution is -2.66. The van der Waals surface area contributed by atoms with E-state index in [2.05, 4.69) is 0 Å². The summed E-state index contributed by atoms with van der Waals surface area (Å²) >= 11 is 0. The van der Waals surface area contributed by atoms with Gasteiger partial charge in [0.05, 0.1) is 32.5 Å². The third-order valence-electron chi connectivity index (χ3n) is 9.12. The molecule has 13 atom stereocenters. The van der Waals surface area contributed by atoms with Gasteiger partial charge in [-0.1, -0.05) is 12.1 Å². The summed E-state index contributed by atoms with van der Waals surface area (Å²) in [6.45, 7) is -1.12. The molecule has 0 aromatic heterocycles. The molecule has 0 aliphatic carbocycles. The Balaban J connectivity index is 1.48. The minimum absolute atomic E-state index is 0.116. The molecule has 19 nitrogen and oxygen atoms in total. The second kappa shape index (κ2) is 17.2. The van der Waals surface area contributed by atoms with Crippen LogP contribution in [0.2, 0.25) is 0 Å². The molecule has 5 rings (SSSR count). The Hall–Kier alpha value is -3.67. The van der Waals surface area contributed by atoms with Crippen molar-refractivity contribution in [2.45, 2.75) is 92.8 Å². The van der Waals surface area contributed by atoms with Crippen LogP contribution in [-0.4, -0.2) is 168 Å². The van der Waals surface area contributed by atoms with Crippen molar-refractivity contribution in [3.63, 3.8) is 0 Å². The molecule has 0 bridgehead atoms. The van der Waals surface area contributed by atoms with Crippen LogP contribution in [0, 0.1) is 0 Å². The molecule has 2 aromatic rings. The number of carbonyl (C=O) groups excluding carboxylic acids is 1. The fraction of sp³-hybridized carbons (Fsp3) is 0.559. The first-order valence-corrected chi connectivity index (χ1v) is 16.6. The van der Waals surface area contributed by atoms with E-state index < -0.39 is 117 Å². The molecule has 3 aliphatic rings. The van der Waals surface area contributed by atoms with Crippen molar-refractivity contribution in [1.29, 1.82) is 0 Å². The quantitative estimate of drug-likeness (QED) is 0.0569. The monoisotopic (exact) mass is 756 g/mol. The summed E-state index contributed by atoms with van der Waals surface area (Å²) in [7, 11) is 0. The molecule has 0 amide bonds. The Morgan fingerprint density at radius 3 is 2.15 bits per heavy atom. The first-order chi connectivity index (χ1) is 25.1. The zero-order valence-electron chi connectivity index (χ0n) is 28.3. The Kier molecular flexibility index (Phi) is 13.2. The zero-order valence-corrected chi connectivity index (χ0v) is 28.3. The highest BCUT2D eigenvalue weighted by atomic mass is 16.8. The lowest BCUT2D eigenvalue weighted by atomic mass is 9.96. The maximum atomic E-state index is 13.2. The van der Waals surface area contributed by atoms with Gasteiger partial charge in [0.15, 0.2) is 48.0 Å². The van der Waals surface area contributed by atoms with Crippen LogP contribution in [-0.2, 0) is 44.4 Å². The van der Waals surface area contributed by atoms with Gasteiger partial charge in [-0.15, -0.1) is 0 Å². The van der Waals surface area contributed by atoms with Crippen LogP contribution in [0.25, 0.3) is 6.08 Å². The summed E-state index contributed by atoms with van der Waals surface area (Å²) in [4.78, 5) is 13.2. The second-order valence-electron chi connectivity index (χ2n) is 12.9. The molecule has 19 heteroatoms. The number of aliphatic hydroxyl groups excluding tert-OH is 6. The summed E-state index contributed by atoms with van der Waals surface area (Å²) in [5.41, 5.74) is -1.35. The van der Waals surface area contributed by atoms with Crippen molar-refractivity contribution in [3.05, 3.63) is 53.6 Å². The van der Waals surface area contributed by atoms with E-state index in [-0.39, 0.29) is 30.1 Å². The lowest BCUT2D eigenvalue weighted by Gasteiger charge is -2.48. The summed E-state index contributed by atoms with van der Waals surface area (Å²) in [6, 6.07) is 7.81. The van der Waals surface area contributed by atoms with Gasteiger partial charge in [0.25, 0.3) is 0 Å². The Labute approximate surface area is 302 Å². The standard InChI is InChI=1S/C34H44O19/c1-15-24(42)25(43)26(44)31(49-15)52-28-27(51-23(41)7-4-16-2-5-18(37)20(39)10-16)22(12-35)50-32(47-9-8-17-3-6-19(38)21(40)11-17)29(28)53-33-30(45)34(46,13-36)14-48-33/h2-7,10-11,15,22,24-33,35-40,42-46H,8-9,12-14H2,1H3. The molecule has 53 heavy (non-hydrogen) atoms. The van der Waals surface area contributed by atoms with Crippen molar-refractivity contribution in [2.75, 3.05) is 26.4 Å². The normalized spacial score (nSPS) is 36.2. The average molecular weight is 757 g/mol. The van der Waals surface area contributed by atoms with Crippen molar-refractivity contribution in [3.8, 4) is 23.0 Å². The minimum Gasteiger partial charge on any atom is -0.504 e. The van der Waals surface area contributed by atoms with Gasteiger partial charge in [0.1, 0.15) is 48.3 Å². The largest absolute Gasteiger partial charge is 0.504 e. The van der Waals surface area contributed by atoms with E-state index in [1.165, 1.54) is 49.4 Å². The molecule has 0 saturated carbocycles. The van der Waals surface area contributed by atoms with E-state index in [0.29, 0.717) is 5.56 Å². The minimum atomic E-state index is -2.15. The van der Waals surface area contributed by atoms with Gasteiger partial charge in [0.2, 0.25) is 0 Å². The number of aliphatic hydroxyl groups is 7. The third-order valence-corrected chi connectivity index (χ3v) is 9.12. The smallest absolute Gasteiger partial charge is 0.331 e. The van der Waals surface area contributed by atoms with Gasteiger partial charge in [-0.3, -0.25) is 0 Å². The van der Waals surface area contributed by atoms with Crippen LogP contribution in [0.4, 0.5) is 0 Å². The van der Waals surface area contributed by atoms with E-state index >= 15 is 0 Å². The van der Waals surface area contributed by atoms with Crippen LogP contribution in [0.1, 0.15) is 18.1 Å². The van der Waals surface area contributed by atoms with Gasteiger partial charge in [-0.25, -0.2) is 4.79 Å². The Morgan fingerprint density at radius 2 is 1.51 bits per heavy atom. The molecule has 0 radical (unpaired) electrons. The van der Waals surface area contributed by atoms with E-state index in [0.717, 1.165) is 6.08 Å². The predicted octanol–water partition coefficient (Wildman–Crippen LogP) is -2.55. The van der Waals surface area contributed by atoms with Crippen LogP contribution in [0.5, 0.6) is 23.0 Å². The van der Waals surface area contributed by atoms with Crippen LogP contribution >= 0.6 is 0 Å². The summed E-state index contributed by atoms with van der Waals surface area (Å²) in [5, 5.41) is 112. The second-order valence-corrected chi connectivity index (χ2v) is 12.9. The van der Waals surface area contributed by atoms with Crippen molar-refractivity contribution in [1.82, 2.24) is 0 Å². The van der Waals surface area contributed by atoms with Gasteiger partial charge in [-0.2, -0.15) is 0 Å². The third kappa shape index (κ3) is 9.18. The first kappa shape index (κ1) is 40.5. The number of ether oxygens (including phenoxy) is 7. The van der Waals surface area contributed by atoms with E-state index in [9.17, 15) is 61.0 Å². The van der Waals surface area contributed by atoms with Gasteiger partial charge >= 0.3 is 5.97 Å². The number of esters is 1. The summed E-state index contributed by atoms with van der Waals surface area (Å²) < 4.78 is 40.9. The number of hydrogen-bond donors (Lipinski definition) is 11. The topological polar surface area (TPSA) is 304 Å². The number of carbonyl (C=O) groups is 1. The molecular weight excluding hydrogens is 712 g/mol. The highest BCUT2D eigenvalue weighted by molar-refractivity contribution is 5.87. The van der Waals surface area contributed by atoms with Gasteiger partial charge in [-0.05, 0) is 54.8 Å². The fourth-order valence-corrected chi connectivity index (χ4v) is 5.94. The number of rotatable bonds is 13. The first-order valence-electron chi connectivity index (χ1n) is 16.6. The molecular formula is C34H44O19. The maximum absolute atomic E-state index is 13.2. The maximum Gasteiger partial charge on any atom is 0.331 e. The molecule has 2 aromatic carbocycles. The molecule has 13 unspecified atom stereocenters. The SMILES string of the molecule is CC1OC(OC2C(OC(=O)C=Cc3ccc(O)c(O)c3)C(CO)OC(OCCc3ccc(O)c(O)c3)C2OC2OCC(O)(CO)C2O)C(O)C(O)C1O. The van der Waals surface area contributed by atoms with Crippen molar-refractivity contribution >= 4 is 12.0 Å². The van der Waals surface area contributed by atoms with Crippen molar-refractivity contribution in [2.24, 2.45) is 0 Å². The molecule has 11 N–H and O–H groups in total. The molecule has 3 aliphatic heterocycles. The highest BCUT2D eigenvalue weighted by Gasteiger charge is 2.56.